The van der Waals surface area contributed by atoms with E-state index in [0.29, 0.717) is 12.5 Å². The summed E-state index contributed by atoms with van der Waals surface area (Å²) in [5.41, 5.74) is 0. The number of rotatable bonds is 5. The molecule has 0 aromatic rings. The fraction of sp³-hybridized carbons (Fsp3) is 0.714. The van der Waals surface area contributed by atoms with Gasteiger partial charge in [0.15, 0.2) is 8.32 Å². The van der Waals surface area contributed by atoms with E-state index >= 15 is 0 Å². The van der Waals surface area contributed by atoms with Crippen LogP contribution in [0, 0.1) is 5.92 Å². The van der Waals surface area contributed by atoms with Crippen molar-refractivity contribution in [2.75, 3.05) is 6.61 Å². The Bertz CT molecular complexity index is 289. The summed E-state index contributed by atoms with van der Waals surface area (Å²) < 4.78 is 11.8. The second-order valence-corrected chi connectivity index (χ2v) is 11.1. The summed E-state index contributed by atoms with van der Waals surface area (Å²) in [6.07, 6.45) is 6.99. The van der Waals surface area contributed by atoms with Crippen molar-refractivity contribution in [3.63, 3.8) is 0 Å². The highest BCUT2D eigenvalue weighted by atomic mass is 28.4. The van der Waals surface area contributed by atoms with Gasteiger partial charge in [0.1, 0.15) is 6.10 Å². The molecule has 0 spiro atoms. The first-order valence-corrected chi connectivity index (χ1v) is 9.26. The smallest absolute Gasteiger partial charge is 0.192 e. The van der Waals surface area contributed by atoms with Crippen LogP contribution in [0.3, 0.4) is 0 Å². The largest absolute Gasteiger partial charge is 0.495 e. The average Bonchev–Trinajstić information content (AvgIpc) is 2.61. The summed E-state index contributed by atoms with van der Waals surface area (Å²) in [5, 5.41) is 0.257. The third kappa shape index (κ3) is 3.71. The van der Waals surface area contributed by atoms with Crippen molar-refractivity contribution in [2.24, 2.45) is 5.92 Å². The summed E-state index contributed by atoms with van der Waals surface area (Å²) in [4.78, 5) is 0. The van der Waals surface area contributed by atoms with E-state index in [2.05, 4.69) is 46.5 Å². The Morgan fingerprint density at radius 3 is 2.59 bits per heavy atom. The SMILES string of the molecule is C=CC[C@@H]1C=CO[C@H]1CO[Si](C)(C)C(C)(C)C. The molecule has 0 fully saturated rings. The standard InChI is InChI=1S/C14H26O2Si/c1-7-8-12-9-10-15-13(12)11-16-17(5,6)14(2,3)4/h7,9-10,12-13H,1,8,11H2,2-6H3/t12-,13+/m1/s1. The highest BCUT2D eigenvalue weighted by Crippen LogP contribution is 2.37. The van der Waals surface area contributed by atoms with E-state index in [1.807, 2.05) is 6.08 Å². The predicted octanol–water partition coefficient (Wildman–Crippen LogP) is 4.11. The van der Waals surface area contributed by atoms with Gasteiger partial charge in [-0.3, -0.25) is 0 Å². The maximum atomic E-state index is 6.19. The molecule has 0 unspecified atom stereocenters. The zero-order valence-electron chi connectivity index (χ0n) is 11.8. The van der Waals surface area contributed by atoms with Crippen LogP contribution in [0.2, 0.25) is 18.1 Å². The molecule has 0 aliphatic carbocycles. The van der Waals surface area contributed by atoms with Crippen LogP contribution in [-0.2, 0) is 9.16 Å². The van der Waals surface area contributed by atoms with Gasteiger partial charge in [-0.15, -0.1) is 6.58 Å². The second kappa shape index (κ2) is 5.40. The molecule has 0 radical (unpaired) electrons. The molecule has 2 atom stereocenters. The lowest BCUT2D eigenvalue weighted by Gasteiger charge is -2.37. The van der Waals surface area contributed by atoms with Gasteiger partial charge >= 0.3 is 0 Å². The Labute approximate surface area is 107 Å². The maximum absolute atomic E-state index is 6.19. The Hall–Kier alpha value is -0.543. The Balaban J connectivity index is 2.48. The van der Waals surface area contributed by atoms with Crippen LogP contribution in [0.15, 0.2) is 25.0 Å². The maximum Gasteiger partial charge on any atom is 0.192 e. The molecule has 1 aliphatic heterocycles. The quantitative estimate of drug-likeness (QED) is 0.543. The summed E-state index contributed by atoms with van der Waals surface area (Å²) in [6.45, 7) is 15.8. The van der Waals surface area contributed by atoms with Crippen LogP contribution in [0.4, 0.5) is 0 Å². The normalized spacial score (nSPS) is 24.8. The van der Waals surface area contributed by atoms with E-state index in [4.69, 9.17) is 9.16 Å². The minimum absolute atomic E-state index is 0.169. The molecule has 0 saturated heterocycles. The van der Waals surface area contributed by atoms with E-state index in [0.717, 1.165) is 6.42 Å². The van der Waals surface area contributed by atoms with Gasteiger partial charge in [0.05, 0.1) is 12.9 Å². The third-order valence-electron chi connectivity index (χ3n) is 3.91. The van der Waals surface area contributed by atoms with Gasteiger partial charge in [-0.05, 0) is 30.6 Å². The van der Waals surface area contributed by atoms with Crippen molar-refractivity contribution >= 4 is 8.32 Å². The van der Waals surface area contributed by atoms with Crippen molar-refractivity contribution < 1.29 is 9.16 Å². The topological polar surface area (TPSA) is 18.5 Å². The van der Waals surface area contributed by atoms with Gasteiger partial charge in [0.25, 0.3) is 0 Å². The zero-order valence-corrected chi connectivity index (χ0v) is 12.8. The van der Waals surface area contributed by atoms with E-state index in [1.165, 1.54) is 0 Å². The molecule has 0 amide bonds. The molecule has 1 heterocycles. The van der Waals surface area contributed by atoms with Gasteiger partial charge in [-0.1, -0.05) is 26.8 Å². The van der Waals surface area contributed by atoms with Crippen LogP contribution in [0.25, 0.3) is 0 Å². The lowest BCUT2D eigenvalue weighted by molar-refractivity contribution is 0.0737. The number of hydrogen-bond acceptors (Lipinski definition) is 2. The second-order valence-electron chi connectivity index (χ2n) is 6.26. The summed E-state index contributed by atoms with van der Waals surface area (Å²) in [5.74, 6) is 0.428. The van der Waals surface area contributed by atoms with Crippen molar-refractivity contribution in [1.82, 2.24) is 0 Å². The first-order chi connectivity index (χ1) is 7.78. The van der Waals surface area contributed by atoms with Crippen LogP contribution >= 0.6 is 0 Å². The van der Waals surface area contributed by atoms with Crippen LogP contribution < -0.4 is 0 Å². The predicted molar refractivity (Wildman–Crippen MR) is 75.5 cm³/mol. The van der Waals surface area contributed by atoms with Gasteiger partial charge in [0, 0.05) is 5.92 Å². The Kier molecular flexibility index (Phi) is 4.61. The van der Waals surface area contributed by atoms with Crippen LogP contribution in [0.1, 0.15) is 27.2 Å². The fourth-order valence-electron chi connectivity index (χ4n) is 1.56. The highest BCUT2D eigenvalue weighted by molar-refractivity contribution is 6.74. The van der Waals surface area contributed by atoms with Crippen molar-refractivity contribution in [3.05, 3.63) is 25.0 Å². The van der Waals surface area contributed by atoms with Gasteiger partial charge < -0.3 is 9.16 Å². The lowest BCUT2D eigenvalue weighted by Crippen LogP contribution is -2.43. The van der Waals surface area contributed by atoms with Crippen molar-refractivity contribution in [3.8, 4) is 0 Å². The molecule has 0 aromatic carbocycles. The minimum Gasteiger partial charge on any atom is -0.495 e. The van der Waals surface area contributed by atoms with E-state index < -0.39 is 8.32 Å². The van der Waals surface area contributed by atoms with Crippen molar-refractivity contribution in [2.45, 2.75) is 51.4 Å². The number of hydrogen-bond donors (Lipinski definition) is 0. The van der Waals surface area contributed by atoms with Gasteiger partial charge in [-0.25, -0.2) is 0 Å². The fourth-order valence-corrected chi connectivity index (χ4v) is 2.58. The monoisotopic (exact) mass is 254 g/mol. The summed E-state index contributed by atoms with van der Waals surface area (Å²) >= 11 is 0. The average molecular weight is 254 g/mol. The number of allylic oxidation sites excluding steroid dienone is 1. The molecule has 0 bridgehead atoms. The van der Waals surface area contributed by atoms with Gasteiger partial charge in [0.2, 0.25) is 0 Å². The molecule has 1 rings (SSSR count). The van der Waals surface area contributed by atoms with Gasteiger partial charge in [-0.2, -0.15) is 0 Å². The summed E-state index contributed by atoms with van der Waals surface area (Å²) in [7, 11) is -1.66. The van der Waals surface area contributed by atoms with Crippen LogP contribution in [-0.4, -0.2) is 21.0 Å². The molecular weight excluding hydrogens is 228 g/mol. The van der Waals surface area contributed by atoms with Crippen molar-refractivity contribution in [1.29, 1.82) is 0 Å². The van der Waals surface area contributed by atoms with E-state index in [9.17, 15) is 0 Å². The molecule has 3 heteroatoms. The Morgan fingerprint density at radius 1 is 1.41 bits per heavy atom. The lowest BCUT2D eigenvalue weighted by atomic mass is 10.0. The molecular formula is C14H26O2Si. The first-order valence-electron chi connectivity index (χ1n) is 6.35. The molecule has 98 valence electrons. The number of ether oxygens (including phenoxy) is 1. The third-order valence-corrected chi connectivity index (χ3v) is 8.41. The molecule has 17 heavy (non-hydrogen) atoms. The van der Waals surface area contributed by atoms with E-state index in [1.54, 1.807) is 6.26 Å². The Morgan fingerprint density at radius 2 is 2.06 bits per heavy atom. The summed E-state index contributed by atoms with van der Waals surface area (Å²) in [6, 6.07) is 0. The molecule has 0 saturated carbocycles. The molecule has 1 aliphatic rings. The molecule has 0 aromatic heterocycles. The highest BCUT2D eigenvalue weighted by Gasteiger charge is 2.38. The molecule has 0 N–H and O–H groups in total. The minimum atomic E-state index is -1.66. The zero-order chi connectivity index (χ0) is 13.1. The van der Waals surface area contributed by atoms with Crippen LogP contribution in [0.5, 0.6) is 0 Å². The first kappa shape index (κ1) is 14.5. The van der Waals surface area contributed by atoms with E-state index in [-0.39, 0.29) is 11.1 Å². The molecule has 2 nitrogen and oxygen atoms in total.